The van der Waals surface area contributed by atoms with E-state index in [9.17, 15) is 14.0 Å². The summed E-state index contributed by atoms with van der Waals surface area (Å²) in [6.45, 7) is 0.296. The van der Waals surface area contributed by atoms with E-state index in [1.165, 1.54) is 22.2 Å². The number of nitrogens with one attached hydrogen (secondary N) is 2. The average Bonchev–Trinajstić information content (AvgIpc) is 3.38. The summed E-state index contributed by atoms with van der Waals surface area (Å²) >= 11 is 1.48. The van der Waals surface area contributed by atoms with Gasteiger partial charge in [0.05, 0.1) is 18.1 Å². The number of nitrogens with zero attached hydrogens (tertiary/aromatic N) is 2. The number of ether oxygens (including phenoxy) is 1. The van der Waals surface area contributed by atoms with E-state index >= 15 is 0 Å². The number of carbonyl (C=O) groups is 1. The number of H-pyrrole nitrogens is 1. The van der Waals surface area contributed by atoms with Crippen LogP contribution in [0, 0.1) is 0 Å². The third-order valence-electron chi connectivity index (χ3n) is 4.73. The quantitative estimate of drug-likeness (QED) is 0.530. The highest BCUT2D eigenvalue weighted by Gasteiger charge is 2.21. The minimum absolute atomic E-state index is 0. The van der Waals surface area contributed by atoms with Gasteiger partial charge >= 0.3 is 11.8 Å². The van der Waals surface area contributed by atoms with Crippen molar-refractivity contribution in [2.45, 2.75) is 19.1 Å². The maximum Gasteiger partial charge on any atom is 0.411 e. The fourth-order valence-corrected chi connectivity index (χ4v) is 4.29. The highest BCUT2D eigenvalue weighted by molar-refractivity contribution is 7.15. The second-order valence-corrected chi connectivity index (χ2v) is 7.65. The molecule has 0 fully saturated rings. The smallest absolute Gasteiger partial charge is 0.411 e. The molecular formula is C19H19ClFN5O3S. The Morgan fingerprint density at radius 3 is 2.90 bits per heavy atom. The third kappa shape index (κ3) is 4.30. The van der Waals surface area contributed by atoms with Crippen molar-refractivity contribution in [1.82, 2.24) is 14.8 Å². The molecule has 3 heterocycles. The molecule has 11 heteroatoms. The Morgan fingerprint density at radius 2 is 2.20 bits per heavy atom. The molecule has 1 unspecified atom stereocenters. The van der Waals surface area contributed by atoms with Gasteiger partial charge in [-0.05, 0) is 35.8 Å². The van der Waals surface area contributed by atoms with Gasteiger partial charge in [0.15, 0.2) is 0 Å². The van der Waals surface area contributed by atoms with Crippen molar-refractivity contribution >= 4 is 35.5 Å². The Kier molecular flexibility index (Phi) is 6.70. The molecule has 1 aliphatic heterocycles. The summed E-state index contributed by atoms with van der Waals surface area (Å²) in [7, 11) is 0. The van der Waals surface area contributed by atoms with E-state index in [1.54, 1.807) is 0 Å². The van der Waals surface area contributed by atoms with Crippen molar-refractivity contribution in [3.8, 4) is 10.4 Å². The van der Waals surface area contributed by atoms with Crippen LogP contribution in [0.1, 0.15) is 22.9 Å². The van der Waals surface area contributed by atoms with E-state index in [1.807, 2.05) is 30.3 Å². The Bertz CT molecular complexity index is 1140. The predicted molar refractivity (Wildman–Crippen MR) is 115 cm³/mol. The number of carbonyl (C=O) groups excluding carboxylic acids is 1. The van der Waals surface area contributed by atoms with Crippen molar-refractivity contribution in [1.29, 1.82) is 0 Å². The number of aromatic nitrogens is 3. The van der Waals surface area contributed by atoms with Crippen molar-refractivity contribution < 1.29 is 13.9 Å². The van der Waals surface area contributed by atoms with Crippen molar-refractivity contribution in [3.05, 3.63) is 69.5 Å². The van der Waals surface area contributed by atoms with Crippen LogP contribution >= 0.6 is 23.7 Å². The maximum absolute atomic E-state index is 13.1. The lowest BCUT2D eigenvalue weighted by Crippen LogP contribution is -2.23. The third-order valence-corrected chi connectivity index (χ3v) is 5.97. The zero-order valence-corrected chi connectivity index (χ0v) is 17.3. The lowest BCUT2D eigenvalue weighted by atomic mass is 10.1. The number of thiophene rings is 1. The topological polar surface area (TPSA) is 115 Å². The van der Waals surface area contributed by atoms with E-state index in [0.29, 0.717) is 17.6 Å². The largest absolute Gasteiger partial charge is 0.444 e. The number of aromatic amines is 1. The molecule has 0 saturated carbocycles. The number of cyclic esters (lactones) is 1. The molecule has 4 N–H and O–H groups in total. The molecule has 1 aliphatic rings. The van der Waals surface area contributed by atoms with Gasteiger partial charge in [-0.25, -0.2) is 19.1 Å². The minimum Gasteiger partial charge on any atom is -0.444 e. The molecule has 0 aliphatic carbocycles. The number of hydrogen-bond donors (Lipinski definition) is 3. The van der Waals surface area contributed by atoms with E-state index < -0.39 is 12.1 Å². The van der Waals surface area contributed by atoms with Crippen LogP contribution in [-0.4, -0.2) is 27.4 Å². The molecule has 158 valence electrons. The highest BCUT2D eigenvalue weighted by Crippen LogP contribution is 2.37. The molecule has 1 aromatic carbocycles. The van der Waals surface area contributed by atoms with Crippen LogP contribution < -0.4 is 16.7 Å². The predicted octanol–water partition coefficient (Wildman–Crippen LogP) is 3.58. The zero-order valence-electron chi connectivity index (χ0n) is 15.6. The summed E-state index contributed by atoms with van der Waals surface area (Å²) < 4.78 is 19.5. The number of nitrogens with two attached hydrogens (primary N) is 1. The Hall–Kier alpha value is -2.95. The van der Waals surface area contributed by atoms with Crippen molar-refractivity contribution in [2.75, 3.05) is 11.9 Å². The number of fused-ring (bicyclic) bond motifs is 1. The van der Waals surface area contributed by atoms with E-state index in [0.717, 1.165) is 20.9 Å². The van der Waals surface area contributed by atoms with Gasteiger partial charge in [0.1, 0.15) is 12.9 Å². The normalized spacial score (nSPS) is 14.3. The molecular weight excluding hydrogens is 433 g/mol. The number of benzene rings is 1. The summed E-state index contributed by atoms with van der Waals surface area (Å²) in [5, 5.41) is 8.84. The average molecular weight is 452 g/mol. The molecule has 0 radical (unpaired) electrons. The first-order valence-electron chi connectivity index (χ1n) is 8.85. The lowest BCUT2D eigenvalue weighted by Gasteiger charge is -2.18. The molecule has 8 nitrogen and oxygen atoms in total. The molecule has 30 heavy (non-hydrogen) atoms. The molecule has 3 aromatic rings. The van der Waals surface area contributed by atoms with Gasteiger partial charge in [-0.1, -0.05) is 12.1 Å². The van der Waals surface area contributed by atoms with Gasteiger partial charge in [-0.15, -0.1) is 23.7 Å². The maximum atomic E-state index is 13.1. The number of hydrogen-bond acceptors (Lipinski definition) is 6. The molecule has 1 atom stereocenters. The van der Waals surface area contributed by atoms with Crippen molar-refractivity contribution in [3.63, 3.8) is 0 Å². The number of rotatable bonds is 6. The molecule has 1 amide bonds. The number of amides is 1. The summed E-state index contributed by atoms with van der Waals surface area (Å²) in [6.07, 6.45) is 1.66. The van der Waals surface area contributed by atoms with Crippen LogP contribution in [0.25, 0.3) is 10.4 Å². The second kappa shape index (κ2) is 9.24. The molecule has 2 aromatic heterocycles. The fourth-order valence-electron chi connectivity index (χ4n) is 3.18. The van der Waals surface area contributed by atoms with E-state index in [2.05, 4.69) is 15.5 Å². The molecule has 4 rings (SSSR count). The van der Waals surface area contributed by atoms with Crippen LogP contribution in [0.15, 0.2) is 53.4 Å². The van der Waals surface area contributed by atoms with Crippen LogP contribution in [0.2, 0.25) is 0 Å². The van der Waals surface area contributed by atoms with Gasteiger partial charge in [0.25, 0.3) is 0 Å². The van der Waals surface area contributed by atoms with Crippen molar-refractivity contribution in [2.24, 2.45) is 5.73 Å². The van der Waals surface area contributed by atoms with Gasteiger partial charge in [-0.3, -0.25) is 9.88 Å². The number of anilines is 1. The standard InChI is InChI=1S/C19H18FN5O3S.ClH/c20-7-11(8-21)5-15(25-10-22-24-18(25)26)17-4-3-16(29-17)12-1-2-13-9-28-19(27)23-14(13)6-12;/h1-4,6-7,10,15H,5,8-9,21H2,(H,23,27)(H,24,26);1H/b11-7+;. The number of halogens is 2. The first kappa shape index (κ1) is 21.8. The monoisotopic (exact) mass is 451 g/mol. The zero-order chi connectivity index (χ0) is 20.4. The van der Waals surface area contributed by atoms with Crippen LogP contribution in [0.4, 0.5) is 14.9 Å². The van der Waals surface area contributed by atoms with Gasteiger partial charge < -0.3 is 10.5 Å². The lowest BCUT2D eigenvalue weighted by molar-refractivity contribution is 0.151. The van der Waals surface area contributed by atoms with E-state index in [4.69, 9.17) is 10.5 Å². The van der Waals surface area contributed by atoms with Gasteiger partial charge in [0, 0.05) is 21.9 Å². The van der Waals surface area contributed by atoms with Crippen LogP contribution in [-0.2, 0) is 11.3 Å². The Balaban J connectivity index is 0.00000256. The van der Waals surface area contributed by atoms with Gasteiger partial charge in [-0.2, -0.15) is 5.10 Å². The molecule has 0 spiro atoms. The fraction of sp³-hybridized carbons (Fsp3) is 0.211. The van der Waals surface area contributed by atoms with Crippen LogP contribution in [0.5, 0.6) is 0 Å². The summed E-state index contributed by atoms with van der Waals surface area (Å²) in [4.78, 5) is 25.4. The first-order valence-corrected chi connectivity index (χ1v) is 9.67. The summed E-state index contributed by atoms with van der Waals surface area (Å²) in [6, 6.07) is 9.13. The minimum atomic E-state index is -0.478. The SMILES string of the molecule is Cl.NC/C(=C/F)CC(c1ccc(-c2ccc3c(c2)NC(=O)OC3)s1)n1cn[nH]c1=O. The van der Waals surface area contributed by atoms with E-state index in [-0.39, 0.29) is 37.7 Å². The van der Waals surface area contributed by atoms with Gasteiger partial charge in [0.2, 0.25) is 0 Å². The highest BCUT2D eigenvalue weighted by atomic mass is 35.5. The molecule has 0 bridgehead atoms. The summed E-state index contributed by atoms with van der Waals surface area (Å²) in [5.41, 5.74) is 8.16. The molecule has 0 saturated heterocycles. The van der Waals surface area contributed by atoms with Crippen LogP contribution in [0.3, 0.4) is 0 Å². The first-order chi connectivity index (χ1) is 14.1. The summed E-state index contributed by atoms with van der Waals surface area (Å²) in [5.74, 6) is 0. The second-order valence-electron chi connectivity index (χ2n) is 6.54. The Morgan fingerprint density at radius 1 is 1.37 bits per heavy atom. The Labute approximate surface area is 181 Å².